The van der Waals surface area contributed by atoms with Gasteiger partial charge in [0.2, 0.25) is 5.91 Å². The Morgan fingerprint density at radius 1 is 1.12 bits per heavy atom. The van der Waals surface area contributed by atoms with Crippen molar-refractivity contribution in [3.05, 3.63) is 59.2 Å². The molecule has 0 saturated carbocycles. The van der Waals surface area contributed by atoms with Crippen molar-refractivity contribution in [3.63, 3.8) is 0 Å². The van der Waals surface area contributed by atoms with Crippen LogP contribution in [0.4, 0.5) is 5.69 Å². The first-order valence-electron chi connectivity index (χ1n) is 8.24. The van der Waals surface area contributed by atoms with E-state index in [1.807, 2.05) is 43.3 Å². The SMILES string of the molecule is COc1ccc(CNCC(=O)Nc2c(C)cccc2C(C)C)cc1. The molecule has 2 aromatic carbocycles. The molecule has 0 saturated heterocycles. The Balaban J connectivity index is 1.89. The van der Waals surface area contributed by atoms with E-state index < -0.39 is 0 Å². The van der Waals surface area contributed by atoms with Gasteiger partial charge in [0.25, 0.3) is 0 Å². The molecule has 2 aromatic rings. The fourth-order valence-corrected chi connectivity index (χ4v) is 2.59. The summed E-state index contributed by atoms with van der Waals surface area (Å²) in [7, 11) is 1.65. The Labute approximate surface area is 144 Å². The standard InChI is InChI=1S/C20H26N2O2/c1-14(2)18-7-5-6-15(3)20(18)22-19(23)13-21-12-16-8-10-17(24-4)11-9-16/h5-11,14,21H,12-13H2,1-4H3,(H,22,23). The molecule has 0 aromatic heterocycles. The minimum Gasteiger partial charge on any atom is -0.497 e. The average Bonchev–Trinajstić information content (AvgIpc) is 2.57. The van der Waals surface area contributed by atoms with Crippen molar-refractivity contribution in [2.45, 2.75) is 33.2 Å². The molecule has 4 heteroatoms. The zero-order valence-electron chi connectivity index (χ0n) is 14.8. The van der Waals surface area contributed by atoms with Gasteiger partial charge in [-0.3, -0.25) is 4.79 Å². The third-order valence-corrected chi connectivity index (χ3v) is 3.97. The predicted molar refractivity (Wildman–Crippen MR) is 98.6 cm³/mol. The molecule has 0 aliphatic carbocycles. The number of benzene rings is 2. The van der Waals surface area contributed by atoms with Crippen LogP contribution >= 0.6 is 0 Å². The van der Waals surface area contributed by atoms with Crippen molar-refractivity contribution >= 4 is 11.6 Å². The Morgan fingerprint density at radius 2 is 1.83 bits per heavy atom. The number of nitrogens with one attached hydrogen (secondary N) is 2. The highest BCUT2D eigenvalue weighted by Gasteiger charge is 2.11. The molecule has 0 heterocycles. The molecule has 128 valence electrons. The third-order valence-electron chi connectivity index (χ3n) is 3.97. The highest BCUT2D eigenvalue weighted by Crippen LogP contribution is 2.27. The monoisotopic (exact) mass is 326 g/mol. The summed E-state index contributed by atoms with van der Waals surface area (Å²) in [5.74, 6) is 1.17. The molecule has 2 rings (SSSR count). The Kier molecular flexibility index (Phi) is 6.38. The number of para-hydroxylation sites is 1. The highest BCUT2D eigenvalue weighted by atomic mass is 16.5. The number of carbonyl (C=O) groups is 1. The summed E-state index contributed by atoms with van der Waals surface area (Å²) in [5, 5.41) is 6.22. The van der Waals surface area contributed by atoms with Crippen LogP contribution in [0.15, 0.2) is 42.5 Å². The van der Waals surface area contributed by atoms with Gasteiger partial charge < -0.3 is 15.4 Å². The molecule has 2 N–H and O–H groups in total. The second-order valence-corrected chi connectivity index (χ2v) is 6.19. The maximum Gasteiger partial charge on any atom is 0.238 e. The van der Waals surface area contributed by atoms with E-state index in [1.165, 1.54) is 5.56 Å². The van der Waals surface area contributed by atoms with Gasteiger partial charge in [0, 0.05) is 12.2 Å². The summed E-state index contributed by atoms with van der Waals surface area (Å²) >= 11 is 0. The molecular weight excluding hydrogens is 300 g/mol. The average molecular weight is 326 g/mol. The molecule has 0 unspecified atom stereocenters. The lowest BCUT2D eigenvalue weighted by atomic mass is 9.98. The topological polar surface area (TPSA) is 50.4 Å². The predicted octanol–water partition coefficient (Wildman–Crippen LogP) is 3.86. The first-order valence-corrected chi connectivity index (χ1v) is 8.24. The highest BCUT2D eigenvalue weighted by molar-refractivity contribution is 5.93. The number of ether oxygens (including phenoxy) is 1. The van der Waals surface area contributed by atoms with Crippen LogP contribution in [0, 0.1) is 6.92 Å². The molecule has 0 fully saturated rings. The zero-order valence-corrected chi connectivity index (χ0v) is 14.8. The van der Waals surface area contributed by atoms with Crippen molar-refractivity contribution < 1.29 is 9.53 Å². The van der Waals surface area contributed by atoms with Gasteiger partial charge in [-0.25, -0.2) is 0 Å². The number of aryl methyl sites for hydroxylation is 1. The Hall–Kier alpha value is -2.33. The summed E-state index contributed by atoms with van der Waals surface area (Å²) in [6.45, 7) is 7.20. The molecule has 4 nitrogen and oxygen atoms in total. The second kappa shape index (κ2) is 8.50. The number of hydrogen-bond donors (Lipinski definition) is 2. The molecule has 0 aliphatic heterocycles. The van der Waals surface area contributed by atoms with E-state index in [2.05, 4.69) is 30.5 Å². The maximum atomic E-state index is 12.2. The zero-order chi connectivity index (χ0) is 17.5. The number of methoxy groups -OCH3 is 1. The Morgan fingerprint density at radius 3 is 2.46 bits per heavy atom. The van der Waals surface area contributed by atoms with Crippen molar-refractivity contribution in [1.82, 2.24) is 5.32 Å². The van der Waals surface area contributed by atoms with Gasteiger partial charge in [-0.1, -0.05) is 44.2 Å². The lowest BCUT2D eigenvalue weighted by Crippen LogP contribution is -2.28. The smallest absolute Gasteiger partial charge is 0.238 e. The van der Waals surface area contributed by atoms with E-state index in [0.29, 0.717) is 12.5 Å². The first kappa shape index (κ1) is 18.0. The van der Waals surface area contributed by atoms with Gasteiger partial charge in [-0.2, -0.15) is 0 Å². The van der Waals surface area contributed by atoms with E-state index in [1.54, 1.807) is 7.11 Å². The van der Waals surface area contributed by atoms with Crippen molar-refractivity contribution in [3.8, 4) is 5.75 Å². The van der Waals surface area contributed by atoms with E-state index in [9.17, 15) is 4.79 Å². The second-order valence-electron chi connectivity index (χ2n) is 6.19. The van der Waals surface area contributed by atoms with Gasteiger partial charge in [0.1, 0.15) is 5.75 Å². The van der Waals surface area contributed by atoms with Crippen LogP contribution in [-0.2, 0) is 11.3 Å². The molecule has 1 amide bonds. The first-order chi connectivity index (χ1) is 11.5. The van der Waals surface area contributed by atoms with E-state index in [-0.39, 0.29) is 12.5 Å². The molecule has 0 spiro atoms. The number of carbonyl (C=O) groups excluding carboxylic acids is 1. The largest absolute Gasteiger partial charge is 0.497 e. The molecule has 0 radical (unpaired) electrons. The lowest BCUT2D eigenvalue weighted by molar-refractivity contribution is -0.115. The number of rotatable bonds is 7. The van der Waals surface area contributed by atoms with E-state index >= 15 is 0 Å². The number of anilines is 1. The van der Waals surface area contributed by atoms with Crippen LogP contribution in [-0.4, -0.2) is 19.6 Å². The van der Waals surface area contributed by atoms with E-state index in [0.717, 1.165) is 22.6 Å². The molecule has 24 heavy (non-hydrogen) atoms. The van der Waals surface area contributed by atoms with Gasteiger partial charge in [0.05, 0.1) is 13.7 Å². The van der Waals surface area contributed by atoms with Crippen LogP contribution in [0.25, 0.3) is 0 Å². The summed E-state index contributed by atoms with van der Waals surface area (Å²) in [5.41, 5.74) is 4.30. The van der Waals surface area contributed by atoms with Crippen LogP contribution in [0.1, 0.15) is 36.5 Å². The van der Waals surface area contributed by atoms with Crippen LogP contribution in [0.2, 0.25) is 0 Å². The van der Waals surface area contributed by atoms with Crippen LogP contribution < -0.4 is 15.4 Å². The summed E-state index contributed by atoms with van der Waals surface area (Å²) in [4.78, 5) is 12.2. The Bertz CT molecular complexity index is 679. The van der Waals surface area contributed by atoms with Gasteiger partial charge in [-0.15, -0.1) is 0 Å². The van der Waals surface area contributed by atoms with Gasteiger partial charge in [-0.05, 0) is 41.7 Å². The lowest BCUT2D eigenvalue weighted by Gasteiger charge is -2.16. The molecular formula is C20H26N2O2. The number of amides is 1. The summed E-state index contributed by atoms with van der Waals surface area (Å²) in [6.07, 6.45) is 0. The third kappa shape index (κ3) is 4.83. The van der Waals surface area contributed by atoms with Crippen LogP contribution in [0.3, 0.4) is 0 Å². The molecule has 0 aliphatic rings. The van der Waals surface area contributed by atoms with Crippen molar-refractivity contribution in [2.75, 3.05) is 19.0 Å². The molecule has 0 atom stereocenters. The van der Waals surface area contributed by atoms with Crippen molar-refractivity contribution in [1.29, 1.82) is 0 Å². The summed E-state index contributed by atoms with van der Waals surface area (Å²) < 4.78 is 5.14. The quantitative estimate of drug-likeness (QED) is 0.812. The van der Waals surface area contributed by atoms with E-state index in [4.69, 9.17) is 4.74 Å². The number of hydrogen-bond acceptors (Lipinski definition) is 3. The maximum absolute atomic E-state index is 12.2. The fourth-order valence-electron chi connectivity index (χ4n) is 2.59. The minimum absolute atomic E-state index is 0.0280. The normalized spacial score (nSPS) is 10.7. The van der Waals surface area contributed by atoms with Crippen LogP contribution in [0.5, 0.6) is 5.75 Å². The minimum atomic E-state index is -0.0280. The van der Waals surface area contributed by atoms with Gasteiger partial charge >= 0.3 is 0 Å². The van der Waals surface area contributed by atoms with Gasteiger partial charge in [0.15, 0.2) is 0 Å². The molecule has 0 bridgehead atoms. The van der Waals surface area contributed by atoms with Crippen molar-refractivity contribution in [2.24, 2.45) is 0 Å². The summed E-state index contributed by atoms with van der Waals surface area (Å²) in [6, 6.07) is 13.9. The fraction of sp³-hybridized carbons (Fsp3) is 0.350.